The Balaban J connectivity index is 1.85. The van der Waals surface area contributed by atoms with E-state index in [0.29, 0.717) is 10.6 Å². The van der Waals surface area contributed by atoms with Crippen molar-refractivity contribution in [3.63, 3.8) is 0 Å². The molecule has 2 amide bonds. The van der Waals surface area contributed by atoms with Gasteiger partial charge < -0.3 is 20.3 Å². The zero-order valence-electron chi connectivity index (χ0n) is 14.5. The first-order valence-corrected chi connectivity index (χ1v) is 8.04. The van der Waals surface area contributed by atoms with Crippen LogP contribution in [0.1, 0.15) is 0 Å². The van der Waals surface area contributed by atoms with Gasteiger partial charge in [-0.1, -0.05) is 12.1 Å². The van der Waals surface area contributed by atoms with Gasteiger partial charge in [0.25, 0.3) is 11.8 Å². The lowest BCUT2D eigenvalue weighted by molar-refractivity contribution is -0.862. The van der Waals surface area contributed by atoms with Gasteiger partial charge in [-0.3, -0.25) is 9.59 Å². The molecule has 0 heterocycles. The summed E-state index contributed by atoms with van der Waals surface area (Å²) >= 11 is 0. The SMILES string of the molecule is C[NH+](CC(=O)Nc1ccc(F)cc1)CC(=O)Nc1ccccc1OC(F)F. The number of halogens is 3. The molecule has 0 saturated carbocycles. The average Bonchev–Trinajstić information content (AvgIpc) is 2.58. The minimum Gasteiger partial charge on any atom is -0.433 e. The molecule has 9 heteroatoms. The van der Waals surface area contributed by atoms with Gasteiger partial charge in [0.15, 0.2) is 13.1 Å². The van der Waals surface area contributed by atoms with Crippen LogP contribution in [0.15, 0.2) is 48.5 Å². The molecule has 144 valence electrons. The number of rotatable bonds is 8. The van der Waals surface area contributed by atoms with Gasteiger partial charge in [0.05, 0.1) is 12.7 Å². The molecule has 2 rings (SSSR count). The van der Waals surface area contributed by atoms with E-state index in [1.54, 1.807) is 13.1 Å². The van der Waals surface area contributed by atoms with Crippen LogP contribution >= 0.6 is 0 Å². The molecule has 0 saturated heterocycles. The Bertz CT molecular complexity index is 785. The molecule has 3 N–H and O–H groups in total. The van der Waals surface area contributed by atoms with E-state index in [4.69, 9.17) is 0 Å². The van der Waals surface area contributed by atoms with Crippen LogP contribution < -0.4 is 20.3 Å². The smallest absolute Gasteiger partial charge is 0.387 e. The molecule has 6 nitrogen and oxygen atoms in total. The van der Waals surface area contributed by atoms with Crippen molar-refractivity contribution >= 4 is 23.2 Å². The molecule has 0 fully saturated rings. The number of nitrogens with one attached hydrogen (secondary N) is 3. The summed E-state index contributed by atoms with van der Waals surface area (Å²) in [6.45, 7) is -3.09. The molecule has 0 bridgehead atoms. The largest absolute Gasteiger partial charge is 0.433 e. The predicted molar refractivity (Wildman–Crippen MR) is 93.4 cm³/mol. The van der Waals surface area contributed by atoms with E-state index in [1.807, 2.05) is 0 Å². The van der Waals surface area contributed by atoms with Crippen LogP contribution in [0.5, 0.6) is 5.75 Å². The van der Waals surface area contributed by atoms with Crippen LogP contribution in [0.3, 0.4) is 0 Å². The maximum absolute atomic E-state index is 12.8. The first-order valence-electron chi connectivity index (χ1n) is 8.04. The molecule has 0 radical (unpaired) electrons. The zero-order chi connectivity index (χ0) is 19.8. The summed E-state index contributed by atoms with van der Waals surface area (Å²) in [4.78, 5) is 24.6. The lowest BCUT2D eigenvalue weighted by Crippen LogP contribution is -3.11. The summed E-state index contributed by atoms with van der Waals surface area (Å²) < 4.78 is 42.0. The van der Waals surface area contributed by atoms with Gasteiger partial charge in [0.2, 0.25) is 0 Å². The third kappa shape index (κ3) is 6.98. The van der Waals surface area contributed by atoms with Crippen LogP contribution in [0.25, 0.3) is 0 Å². The second-order valence-corrected chi connectivity index (χ2v) is 5.79. The maximum atomic E-state index is 12.8. The Morgan fingerprint density at radius 3 is 2.22 bits per heavy atom. The lowest BCUT2D eigenvalue weighted by Gasteiger charge is -2.15. The molecular weight excluding hydrogens is 363 g/mol. The van der Waals surface area contributed by atoms with E-state index >= 15 is 0 Å². The fourth-order valence-electron chi connectivity index (χ4n) is 2.31. The monoisotopic (exact) mass is 382 g/mol. The van der Waals surface area contributed by atoms with Crippen LogP contribution in [-0.4, -0.2) is 38.6 Å². The summed E-state index contributed by atoms with van der Waals surface area (Å²) in [5.74, 6) is -1.38. The summed E-state index contributed by atoms with van der Waals surface area (Å²) in [7, 11) is 1.63. The van der Waals surface area contributed by atoms with Gasteiger partial charge in [-0.15, -0.1) is 0 Å². The van der Waals surface area contributed by atoms with Gasteiger partial charge in [-0.25, -0.2) is 4.39 Å². The number of carbonyl (C=O) groups excluding carboxylic acids is 2. The van der Waals surface area contributed by atoms with Crippen molar-refractivity contribution in [2.45, 2.75) is 6.61 Å². The van der Waals surface area contributed by atoms with Crippen molar-refractivity contribution in [2.24, 2.45) is 0 Å². The molecule has 0 aromatic heterocycles. The highest BCUT2D eigenvalue weighted by atomic mass is 19.3. The van der Waals surface area contributed by atoms with Crippen molar-refractivity contribution in [1.29, 1.82) is 0 Å². The Kier molecular flexibility index (Phi) is 7.18. The Morgan fingerprint density at radius 2 is 1.59 bits per heavy atom. The highest BCUT2D eigenvalue weighted by molar-refractivity contribution is 5.94. The molecule has 1 atom stereocenters. The average molecular weight is 382 g/mol. The zero-order valence-corrected chi connectivity index (χ0v) is 14.5. The molecule has 1 unspecified atom stereocenters. The Morgan fingerprint density at radius 1 is 1.00 bits per heavy atom. The maximum Gasteiger partial charge on any atom is 0.387 e. The lowest BCUT2D eigenvalue weighted by atomic mass is 10.3. The van der Waals surface area contributed by atoms with E-state index in [0.717, 1.165) is 0 Å². The van der Waals surface area contributed by atoms with E-state index in [1.165, 1.54) is 42.5 Å². The van der Waals surface area contributed by atoms with Crippen molar-refractivity contribution < 1.29 is 32.4 Å². The quantitative estimate of drug-likeness (QED) is 0.648. The van der Waals surface area contributed by atoms with Gasteiger partial charge in [-0.2, -0.15) is 8.78 Å². The number of carbonyl (C=O) groups is 2. The number of para-hydroxylation sites is 2. The molecule has 2 aromatic rings. The van der Waals surface area contributed by atoms with Crippen molar-refractivity contribution in [1.82, 2.24) is 0 Å². The summed E-state index contributed by atoms with van der Waals surface area (Å²) in [5, 5.41) is 5.08. The number of alkyl halides is 2. The number of likely N-dealkylation sites (N-methyl/N-ethyl adjacent to an activating group) is 1. The highest BCUT2D eigenvalue weighted by Crippen LogP contribution is 2.25. The number of benzene rings is 2. The third-order valence-corrected chi connectivity index (χ3v) is 3.43. The van der Waals surface area contributed by atoms with Crippen molar-refractivity contribution in [2.75, 3.05) is 30.8 Å². The number of hydrogen-bond acceptors (Lipinski definition) is 3. The second kappa shape index (κ2) is 9.58. The molecule has 27 heavy (non-hydrogen) atoms. The van der Waals surface area contributed by atoms with Crippen LogP contribution in [0, 0.1) is 5.82 Å². The molecule has 0 spiro atoms. The van der Waals surface area contributed by atoms with Crippen LogP contribution in [0.2, 0.25) is 0 Å². The first-order chi connectivity index (χ1) is 12.8. The number of amides is 2. The minimum absolute atomic E-state index is 0.0139. The fourth-order valence-corrected chi connectivity index (χ4v) is 2.31. The molecular formula is C18H19F3N3O3+. The van der Waals surface area contributed by atoms with Gasteiger partial charge >= 0.3 is 6.61 Å². The fraction of sp³-hybridized carbons (Fsp3) is 0.222. The number of hydrogen-bond donors (Lipinski definition) is 3. The number of ether oxygens (including phenoxy) is 1. The summed E-state index contributed by atoms with van der Waals surface area (Å²) in [6.07, 6.45) is 0. The van der Waals surface area contributed by atoms with Gasteiger partial charge in [0.1, 0.15) is 11.6 Å². The summed E-state index contributed by atoms with van der Waals surface area (Å²) in [6, 6.07) is 11.1. The predicted octanol–water partition coefficient (Wildman–Crippen LogP) is 1.52. The first kappa shape index (κ1) is 20.2. The van der Waals surface area contributed by atoms with Crippen LogP contribution in [-0.2, 0) is 9.59 Å². The molecule has 0 aliphatic rings. The van der Waals surface area contributed by atoms with E-state index in [9.17, 15) is 22.8 Å². The molecule has 0 aliphatic carbocycles. The minimum atomic E-state index is -3.01. The van der Waals surface area contributed by atoms with Crippen LogP contribution in [0.4, 0.5) is 24.5 Å². The van der Waals surface area contributed by atoms with Crippen molar-refractivity contribution in [3.05, 3.63) is 54.3 Å². The normalized spacial score (nSPS) is 11.7. The number of anilines is 2. The second-order valence-electron chi connectivity index (χ2n) is 5.79. The third-order valence-electron chi connectivity index (χ3n) is 3.43. The van der Waals surface area contributed by atoms with Gasteiger partial charge in [0, 0.05) is 5.69 Å². The Hall–Kier alpha value is -3.07. The molecule has 0 aliphatic heterocycles. The molecule has 2 aromatic carbocycles. The van der Waals surface area contributed by atoms with Gasteiger partial charge in [-0.05, 0) is 36.4 Å². The van der Waals surface area contributed by atoms with E-state index in [2.05, 4.69) is 15.4 Å². The van der Waals surface area contributed by atoms with E-state index < -0.39 is 18.3 Å². The Labute approximate surface area is 153 Å². The van der Waals surface area contributed by atoms with Crippen molar-refractivity contribution in [3.8, 4) is 5.75 Å². The van der Waals surface area contributed by atoms with E-state index in [-0.39, 0.29) is 30.4 Å². The standard InChI is InChI=1S/C18H18F3N3O3/c1-24(10-16(25)22-13-8-6-12(19)7-9-13)11-17(26)23-14-4-2-3-5-15(14)27-18(20)21/h2-9,18H,10-11H2,1H3,(H,22,25)(H,23,26)/p+1. The summed E-state index contributed by atoms with van der Waals surface area (Å²) in [5.41, 5.74) is 0.558. The number of quaternary nitrogens is 1. The highest BCUT2D eigenvalue weighted by Gasteiger charge is 2.17. The topological polar surface area (TPSA) is 71.9 Å².